The minimum atomic E-state index is -0.635. The van der Waals surface area contributed by atoms with Crippen LogP contribution in [0.4, 0.5) is 10.5 Å². The first-order chi connectivity index (χ1) is 11.6. The van der Waals surface area contributed by atoms with Crippen LogP contribution in [0, 0.1) is 0 Å². The molecule has 0 spiro atoms. The normalized spacial score (nSPS) is 10.8. The van der Waals surface area contributed by atoms with Crippen molar-refractivity contribution in [2.75, 3.05) is 5.32 Å². The molecular formula is C16H18N6O2. The molecule has 8 heteroatoms. The van der Waals surface area contributed by atoms with Crippen LogP contribution < -0.4 is 15.8 Å². The van der Waals surface area contributed by atoms with Gasteiger partial charge in [0.15, 0.2) is 5.65 Å². The van der Waals surface area contributed by atoms with Crippen molar-refractivity contribution in [1.82, 2.24) is 19.5 Å². The summed E-state index contributed by atoms with van der Waals surface area (Å²) >= 11 is 0. The number of hydrogen-bond donors (Lipinski definition) is 2. The number of ether oxygens (including phenoxy) is 1. The molecule has 3 rings (SSSR count). The number of nitrogens with one attached hydrogen (secondary N) is 1. The zero-order valence-corrected chi connectivity index (χ0v) is 13.5. The molecule has 24 heavy (non-hydrogen) atoms. The Bertz CT molecular complexity index is 889. The molecule has 3 aromatic rings. The first kappa shape index (κ1) is 15.7. The molecule has 2 amide bonds. The number of nitrogens with zero attached hydrogens (tertiary/aromatic N) is 4. The summed E-state index contributed by atoms with van der Waals surface area (Å²) < 4.78 is 7.73. The third-order valence-corrected chi connectivity index (χ3v) is 3.49. The molecule has 0 fully saturated rings. The highest BCUT2D eigenvalue weighted by molar-refractivity contribution is 5.87. The van der Waals surface area contributed by atoms with Gasteiger partial charge in [0.2, 0.25) is 0 Å². The van der Waals surface area contributed by atoms with Gasteiger partial charge in [0.1, 0.15) is 17.1 Å². The second kappa shape index (κ2) is 6.53. The first-order valence-electron chi connectivity index (χ1n) is 7.67. The number of anilines is 1. The molecule has 124 valence electrons. The summed E-state index contributed by atoms with van der Waals surface area (Å²) in [6.45, 7) is 4.87. The van der Waals surface area contributed by atoms with Crippen LogP contribution in [0.2, 0.25) is 0 Å². The molecular weight excluding hydrogens is 308 g/mol. The lowest BCUT2D eigenvalue weighted by Crippen LogP contribution is -2.19. The fraction of sp³-hybridized carbons (Fsp3) is 0.250. The molecule has 8 nitrogen and oxygen atoms in total. The minimum Gasteiger partial charge on any atom is -0.424 e. The van der Waals surface area contributed by atoms with E-state index in [1.54, 1.807) is 30.5 Å². The smallest absolute Gasteiger partial charge is 0.324 e. The van der Waals surface area contributed by atoms with Gasteiger partial charge in [-0.25, -0.2) is 14.8 Å². The van der Waals surface area contributed by atoms with Gasteiger partial charge < -0.3 is 20.4 Å². The number of amides is 2. The van der Waals surface area contributed by atoms with Gasteiger partial charge in [0, 0.05) is 24.7 Å². The second-order valence-corrected chi connectivity index (χ2v) is 5.11. The van der Waals surface area contributed by atoms with Gasteiger partial charge in [-0.1, -0.05) is 13.0 Å². The average molecular weight is 326 g/mol. The Hall–Kier alpha value is -3.16. The fourth-order valence-electron chi connectivity index (χ4n) is 2.49. The molecule has 3 N–H and O–H groups in total. The van der Waals surface area contributed by atoms with Crippen LogP contribution in [-0.4, -0.2) is 25.6 Å². The van der Waals surface area contributed by atoms with E-state index in [9.17, 15) is 4.79 Å². The molecule has 1 aromatic carbocycles. The van der Waals surface area contributed by atoms with E-state index in [0.29, 0.717) is 11.4 Å². The number of carbonyl (C=O) groups is 1. The van der Waals surface area contributed by atoms with Crippen molar-refractivity contribution < 1.29 is 9.53 Å². The predicted molar refractivity (Wildman–Crippen MR) is 90.1 cm³/mol. The van der Waals surface area contributed by atoms with Crippen molar-refractivity contribution in [3.8, 4) is 11.8 Å². The van der Waals surface area contributed by atoms with Gasteiger partial charge in [-0.05, 0) is 19.1 Å². The summed E-state index contributed by atoms with van der Waals surface area (Å²) in [6, 6.07) is 6.42. The maximum atomic E-state index is 10.9. The van der Waals surface area contributed by atoms with Crippen molar-refractivity contribution in [2.24, 2.45) is 5.73 Å². The highest BCUT2D eigenvalue weighted by Crippen LogP contribution is 2.23. The minimum absolute atomic E-state index is 0.218. The number of primary amides is 1. The number of carbonyl (C=O) groups excluding carboxylic acids is 1. The molecule has 2 aromatic heterocycles. The summed E-state index contributed by atoms with van der Waals surface area (Å²) in [6.07, 6.45) is 2.47. The molecule has 0 bridgehead atoms. The van der Waals surface area contributed by atoms with Gasteiger partial charge in [-0.15, -0.1) is 0 Å². The summed E-state index contributed by atoms with van der Waals surface area (Å²) in [4.78, 5) is 24.1. The van der Waals surface area contributed by atoms with E-state index in [-0.39, 0.29) is 6.01 Å². The van der Waals surface area contributed by atoms with Crippen molar-refractivity contribution in [3.05, 3.63) is 36.3 Å². The van der Waals surface area contributed by atoms with E-state index in [4.69, 9.17) is 10.5 Å². The number of aryl methyl sites for hydroxylation is 2. The maximum Gasteiger partial charge on any atom is 0.324 e. The standard InChI is InChI=1S/C16H18N6O2/c1-3-13-20-12-9-18-16(21-14(12)22(13)4-2)24-11-7-5-6-10(8-11)19-15(17)23/h5-9H,3-4H2,1-2H3,(H3,17,19,23). The molecule has 0 saturated heterocycles. The lowest BCUT2D eigenvalue weighted by molar-refractivity contribution is 0.259. The lowest BCUT2D eigenvalue weighted by atomic mass is 10.3. The molecule has 0 aliphatic rings. The Morgan fingerprint density at radius 1 is 1.33 bits per heavy atom. The van der Waals surface area contributed by atoms with Gasteiger partial charge in [0.25, 0.3) is 0 Å². The maximum absolute atomic E-state index is 10.9. The van der Waals surface area contributed by atoms with Crippen LogP contribution in [0.25, 0.3) is 11.2 Å². The van der Waals surface area contributed by atoms with Crippen LogP contribution in [-0.2, 0) is 13.0 Å². The van der Waals surface area contributed by atoms with Crippen molar-refractivity contribution in [1.29, 1.82) is 0 Å². The number of fused-ring (bicyclic) bond motifs is 1. The van der Waals surface area contributed by atoms with Crippen LogP contribution >= 0.6 is 0 Å². The number of hydrogen-bond acceptors (Lipinski definition) is 5. The predicted octanol–water partition coefficient (Wildman–Crippen LogP) is 2.69. The number of benzene rings is 1. The number of imidazole rings is 1. The largest absolute Gasteiger partial charge is 0.424 e. The van der Waals surface area contributed by atoms with Crippen molar-refractivity contribution in [2.45, 2.75) is 26.8 Å². The van der Waals surface area contributed by atoms with E-state index >= 15 is 0 Å². The zero-order chi connectivity index (χ0) is 17.1. The van der Waals surface area contributed by atoms with Gasteiger partial charge in [-0.3, -0.25) is 0 Å². The topological polar surface area (TPSA) is 108 Å². The quantitative estimate of drug-likeness (QED) is 0.749. The molecule has 0 aliphatic carbocycles. The molecule has 0 saturated carbocycles. The Labute approximate surface area is 138 Å². The lowest BCUT2D eigenvalue weighted by Gasteiger charge is -2.07. The van der Waals surface area contributed by atoms with E-state index in [1.807, 2.05) is 11.5 Å². The molecule has 0 aliphatic heterocycles. The Morgan fingerprint density at radius 3 is 2.88 bits per heavy atom. The Morgan fingerprint density at radius 2 is 2.17 bits per heavy atom. The summed E-state index contributed by atoms with van der Waals surface area (Å²) in [5.41, 5.74) is 7.13. The van der Waals surface area contributed by atoms with Crippen molar-refractivity contribution in [3.63, 3.8) is 0 Å². The number of aromatic nitrogens is 4. The van der Waals surface area contributed by atoms with Crippen LogP contribution in [0.5, 0.6) is 11.8 Å². The van der Waals surface area contributed by atoms with Crippen LogP contribution in [0.3, 0.4) is 0 Å². The Balaban J connectivity index is 1.91. The van der Waals surface area contributed by atoms with Crippen LogP contribution in [0.1, 0.15) is 19.7 Å². The van der Waals surface area contributed by atoms with Gasteiger partial charge in [0.05, 0.1) is 6.20 Å². The average Bonchev–Trinajstić information content (AvgIpc) is 2.91. The van der Waals surface area contributed by atoms with Crippen LogP contribution in [0.15, 0.2) is 30.5 Å². The first-order valence-corrected chi connectivity index (χ1v) is 7.67. The molecule has 0 unspecified atom stereocenters. The molecule has 0 radical (unpaired) electrons. The van der Waals surface area contributed by atoms with E-state index < -0.39 is 6.03 Å². The number of urea groups is 1. The number of nitrogens with two attached hydrogens (primary N) is 1. The summed E-state index contributed by atoms with van der Waals surface area (Å²) in [7, 11) is 0. The van der Waals surface area contributed by atoms with E-state index in [2.05, 4.69) is 27.2 Å². The highest BCUT2D eigenvalue weighted by Gasteiger charge is 2.12. The highest BCUT2D eigenvalue weighted by atomic mass is 16.5. The fourth-order valence-corrected chi connectivity index (χ4v) is 2.49. The summed E-state index contributed by atoms with van der Waals surface area (Å²) in [5.74, 6) is 1.46. The monoisotopic (exact) mass is 326 g/mol. The number of rotatable bonds is 5. The third-order valence-electron chi connectivity index (χ3n) is 3.49. The van der Waals surface area contributed by atoms with Crippen molar-refractivity contribution >= 4 is 22.9 Å². The van der Waals surface area contributed by atoms with E-state index in [0.717, 1.165) is 30.0 Å². The molecule has 2 heterocycles. The summed E-state index contributed by atoms with van der Waals surface area (Å²) in [5, 5.41) is 2.49. The third kappa shape index (κ3) is 3.12. The van der Waals surface area contributed by atoms with Gasteiger partial charge in [-0.2, -0.15) is 4.98 Å². The van der Waals surface area contributed by atoms with Gasteiger partial charge >= 0.3 is 12.0 Å². The van der Waals surface area contributed by atoms with E-state index in [1.165, 1.54) is 0 Å². The Kier molecular flexibility index (Phi) is 4.28. The molecule has 0 atom stereocenters. The second-order valence-electron chi connectivity index (χ2n) is 5.11. The zero-order valence-electron chi connectivity index (χ0n) is 13.5. The SMILES string of the molecule is CCc1nc2cnc(Oc3cccc(NC(N)=O)c3)nc2n1CC.